The van der Waals surface area contributed by atoms with Gasteiger partial charge in [0.1, 0.15) is 0 Å². The molecule has 31 heavy (non-hydrogen) atoms. The van der Waals surface area contributed by atoms with Crippen LogP contribution in [0, 0.1) is 52.3 Å². The van der Waals surface area contributed by atoms with Gasteiger partial charge in [0, 0.05) is 5.41 Å². The molecule has 3 nitrogen and oxygen atoms in total. The summed E-state index contributed by atoms with van der Waals surface area (Å²) in [6, 6.07) is 0. The van der Waals surface area contributed by atoms with Gasteiger partial charge in [0.05, 0.1) is 12.0 Å². The largest absolute Gasteiger partial charge is 0.481 e. The van der Waals surface area contributed by atoms with Crippen molar-refractivity contribution in [3.05, 3.63) is 11.6 Å². The van der Waals surface area contributed by atoms with Gasteiger partial charge in [0.25, 0.3) is 0 Å². The Morgan fingerprint density at radius 1 is 1.13 bits per heavy atom. The van der Waals surface area contributed by atoms with Crippen LogP contribution in [0.15, 0.2) is 11.6 Å². The molecule has 4 rings (SSSR count). The molecular weight excluding hydrogens is 384 g/mol. The zero-order chi connectivity index (χ0) is 22.6. The average molecular weight is 431 g/mol. The zero-order valence-electron chi connectivity index (χ0n) is 20.6. The molecule has 0 amide bonds. The summed E-state index contributed by atoms with van der Waals surface area (Å²) in [5, 5.41) is 20.5. The van der Waals surface area contributed by atoms with Crippen molar-refractivity contribution in [3.8, 4) is 0 Å². The fourth-order valence-electron chi connectivity index (χ4n) is 9.12. The van der Waals surface area contributed by atoms with Gasteiger partial charge in [-0.2, -0.15) is 0 Å². The summed E-state index contributed by atoms with van der Waals surface area (Å²) in [4.78, 5) is 12.3. The van der Waals surface area contributed by atoms with Crippen molar-refractivity contribution >= 4 is 5.97 Å². The van der Waals surface area contributed by atoms with Crippen LogP contribution >= 0.6 is 0 Å². The lowest BCUT2D eigenvalue weighted by molar-refractivity contribution is -0.155. The van der Waals surface area contributed by atoms with E-state index in [0.717, 1.165) is 30.1 Å². The maximum atomic E-state index is 12.3. The number of allylic oxidation sites excluding steroid dienone is 1. The van der Waals surface area contributed by atoms with Crippen LogP contribution in [0.2, 0.25) is 0 Å². The number of rotatable bonds is 6. The van der Waals surface area contributed by atoms with Gasteiger partial charge < -0.3 is 10.2 Å². The molecule has 3 heteroatoms. The molecule has 0 aromatic carbocycles. The summed E-state index contributed by atoms with van der Waals surface area (Å²) in [5.74, 6) is 3.11. The fourth-order valence-corrected chi connectivity index (χ4v) is 9.12. The Morgan fingerprint density at radius 3 is 2.55 bits per heavy atom. The number of aliphatic carboxylic acids is 1. The predicted octanol–water partition coefficient (Wildman–Crippen LogP) is 6.70. The van der Waals surface area contributed by atoms with Crippen LogP contribution in [0.5, 0.6) is 0 Å². The quantitative estimate of drug-likeness (QED) is 0.461. The Bertz CT molecular complexity index is 711. The second kappa shape index (κ2) is 8.50. The third-order valence-electron chi connectivity index (χ3n) is 10.7. The van der Waals surface area contributed by atoms with Gasteiger partial charge in [-0.3, -0.25) is 4.79 Å². The Hall–Kier alpha value is -0.830. The van der Waals surface area contributed by atoms with Gasteiger partial charge in [-0.05, 0) is 85.9 Å². The number of aliphatic hydroxyl groups excluding tert-OH is 1. The van der Waals surface area contributed by atoms with E-state index in [-0.39, 0.29) is 5.41 Å². The first kappa shape index (κ1) is 23.3. The maximum absolute atomic E-state index is 12.3. The molecule has 176 valence electrons. The van der Waals surface area contributed by atoms with Crippen LogP contribution < -0.4 is 0 Å². The normalized spacial score (nSPS) is 45.5. The Balaban J connectivity index is 1.56. The van der Waals surface area contributed by atoms with E-state index in [1.807, 2.05) is 0 Å². The molecule has 3 fully saturated rings. The minimum atomic E-state index is -0.704. The molecule has 0 aromatic heterocycles. The SMILES string of the molecule is CC(C)CCC[C@@H](C)[C@H]1CC[C@H]2[C@@H]3CC=C4C[C@@H](O)CC(C(=O)O)[C@@]4(C)[C@H]3CC[C@]12C. The van der Waals surface area contributed by atoms with Gasteiger partial charge >= 0.3 is 5.97 Å². The molecule has 3 saturated carbocycles. The summed E-state index contributed by atoms with van der Waals surface area (Å²) in [6.07, 6.45) is 13.3. The van der Waals surface area contributed by atoms with E-state index in [0.29, 0.717) is 30.1 Å². The second-order valence-electron chi connectivity index (χ2n) is 12.6. The second-order valence-corrected chi connectivity index (χ2v) is 12.6. The van der Waals surface area contributed by atoms with E-state index in [1.165, 1.54) is 50.5 Å². The van der Waals surface area contributed by atoms with Gasteiger partial charge in [-0.25, -0.2) is 0 Å². The third-order valence-corrected chi connectivity index (χ3v) is 10.7. The van der Waals surface area contributed by atoms with Crippen molar-refractivity contribution in [2.24, 2.45) is 52.3 Å². The lowest BCUT2D eigenvalue weighted by Crippen LogP contribution is -2.55. The van der Waals surface area contributed by atoms with Crippen LogP contribution in [0.3, 0.4) is 0 Å². The molecule has 2 N–H and O–H groups in total. The molecular formula is C28H46O3. The molecule has 9 atom stereocenters. The number of fused-ring (bicyclic) bond motifs is 5. The smallest absolute Gasteiger partial charge is 0.307 e. The monoisotopic (exact) mass is 430 g/mol. The van der Waals surface area contributed by atoms with Crippen molar-refractivity contribution in [3.63, 3.8) is 0 Å². The summed E-state index contributed by atoms with van der Waals surface area (Å²) in [5.41, 5.74) is 1.41. The number of carbonyl (C=O) groups is 1. The van der Waals surface area contributed by atoms with Gasteiger partial charge in [-0.15, -0.1) is 0 Å². The molecule has 0 aromatic rings. The first-order chi connectivity index (χ1) is 14.6. The van der Waals surface area contributed by atoms with Crippen molar-refractivity contribution in [2.75, 3.05) is 0 Å². The number of carboxylic acids is 1. The van der Waals surface area contributed by atoms with Crippen LogP contribution in [-0.2, 0) is 4.79 Å². The Morgan fingerprint density at radius 2 is 1.87 bits per heavy atom. The average Bonchev–Trinajstić information content (AvgIpc) is 3.04. The maximum Gasteiger partial charge on any atom is 0.307 e. The van der Waals surface area contributed by atoms with E-state index < -0.39 is 18.0 Å². The third kappa shape index (κ3) is 3.81. The van der Waals surface area contributed by atoms with Gasteiger partial charge in [0.2, 0.25) is 0 Å². The highest BCUT2D eigenvalue weighted by atomic mass is 16.4. The van der Waals surface area contributed by atoms with Crippen LogP contribution in [0.4, 0.5) is 0 Å². The van der Waals surface area contributed by atoms with Crippen molar-refractivity contribution in [1.29, 1.82) is 0 Å². The van der Waals surface area contributed by atoms with E-state index in [4.69, 9.17) is 0 Å². The van der Waals surface area contributed by atoms with Crippen molar-refractivity contribution < 1.29 is 15.0 Å². The van der Waals surface area contributed by atoms with E-state index in [2.05, 4.69) is 40.7 Å². The van der Waals surface area contributed by atoms with E-state index in [9.17, 15) is 15.0 Å². The summed E-state index contributed by atoms with van der Waals surface area (Å²) >= 11 is 0. The number of hydrogen-bond acceptors (Lipinski definition) is 2. The highest BCUT2D eigenvalue weighted by molar-refractivity contribution is 5.72. The van der Waals surface area contributed by atoms with Gasteiger partial charge in [0.15, 0.2) is 0 Å². The van der Waals surface area contributed by atoms with Crippen LogP contribution in [-0.4, -0.2) is 22.3 Å². The highest BCUT2D eigenvalue weighted by Crippen LogP contribution is 2.68. The summed E-state index contributed by atoms with van der Waals surface area (Å²) < 4.78 is 0. The highest BCUT2D eigenvalue weighted by Gasteiger charge is 2.62. The molecule has 0 bridgehead atoms. The molecule has 1 unspecified atom stereocenters. The standard InChI is InChI=1S/C28H46O3/c1-17(2)7-6-8-18(3)22-11-12-23-21-10-9-19-15-20(29)16-25(26(30)31)28(19,5)24(21)13-14-27(22,23)4/h9,17-18,20-25,29H,6-8,10-16H2,1-5H3,(H,30,31)/t18-,20-,21+,22-,23+,24+,25?,27-,28-/m1/s1. The molecule has 4 aliphatic rings. The van der Waals surface area contributed by atoms with Gasteiger partial charge in [-0.1, -0.05) is 65.5 Å². The predicted molar refractivity (Wildman–Crippen MR) is 126 cm³/mol. The molecule has 0 saturated heterocycles. The molecule has 0 heterocycles. The van der Waals surface area contributed by atoms with E-state index in [1.54, 1.807) is 0 Å². The lowest BCUT2D eigenvalue weighted by Gasteiger charge is -2.59. The van der Waals surface area contributed by atoms with Crippen molar-refractivity contribution in [1.82, 2.24) is 0 Å². The fraction of sp³-hybridized carbons (Fsp3) is 0.893. The number of carboxylic acid groups (broad SMARTS) is 1. The van der Waals surface area contributed by atoms with Crippen LogP contribution in [0.1, 0.15) is 98.8 Å². The molecule has 0 radical (unpaired) electrons. The van der Waals surface area contributed by atoms with E-state index >= 15 is 0 Å². The molecule has 4 aliphatic carbocycles. The van der Waals surface area contributed by atoms with Crippen molar-refractivity contribution in [2.45, 2.75) is 105 Å². The first-order valence-electron chi connectivity index (χ1n) is 13.2. The first-order valence-corrected chi connectivity index (χ1v) is 13.2. The lowest BCUT2D eigenvalue weighted by atomic mass is 9.44. The number of hydrogen-bond donors (Lipinski definition) is 2. The minimum Gasteiger partial charge on any atom is -0.481 e. The summed E-state index contributed by atoms with van der Waals surface area (Å²) in [6.45, 7) is 12.0. The Labute approximate surface area is 190 Å². The molecule has 0 aliphatic heterocycles. The zero-order valence-corrected chi connectivity index (χ0v) is 20.6. The minimum absolute atomic E-state index is 0.268. The molecule has 0 spiro atoms. The Kier molecular flexibility index (Phi) is 6.40. The topological polar surface area (TPSA) is 57.5 Å². The summed E-state index contributed by atoms with van der Waals surface area (Å²) in [7, 11) is 0. The number of aliphatic hydroxyl groups is 1. The van der Waals surface area contributed by atoms with Crippen LogP contribution in [0.25, 0.3) is 0 Å².